The Morgan fingerprint density at radius 2 is 2.06 bits per heavy atom. The van der Waals surface area contributed by atoms with Crippen molar-refractivity contribution in [2.24, 2.45) is 0 Å². The molecule has 5 heteroatoms. The lowest BCUT2D eigenvalue weighted by atomic mass is 9.92. The molecule has 1 aromatic heterocycles. The first-order valence-electron chi connectivity index (χ1n) is 6.54. The fraction of sp³-hybridized carbons (Fsp3) is 0.692. The number of anilines is 1. The molecule has 2 heterocycles. The fourth-order valence-electron chi connectivity index (χ4n) is 2.04. The second kappa shape index (κ2) is 5.10. The van der Waals surface area contributed by atoms with E-state index >= 15 is 0 Å². The van der Waals surface area contributed by atoms with Gasteiger partial charge in [-0.05, 0) is 13.0 Å². The van der Waals surface area contributed by atoms with Gasteiger partial charge in [-0.15, -0.1) is 0 Å². The highest BCUT2D eigenvalue weighted by Gasteiger charge is 2.19. The van der Waals surface area contributed by atoms with Crippen molar-refractivity contribution in [1.82, 2.24) is 15.3 Å². The van der Waals surface area contributed by atoms with E-state index in [0.717, 1.165) is 38.3 Å². The highest BCUT2D eigenvalue weighted by atomic mass is 16.1. The van der Waals surface area contributed by atoms with Crippen LogP contribution in [0.15, 0.2) is 10.9 Å². The predicted molar refractivity (Wildman–Crippen MR) is 73.3 cm³/mol. The van der Waals surface area contributed by atoms with E-state index in [-0.39, 0.29) is 11.0 Å². The van der Waals surface area contributed by atoms with Crippen LogP contribution in [0.1, 0.15) is 32.9 Å². The van der Waals surface area contributed by atoms with E-state index in [1.54, 1.807) is 6.07 Å². The van der Waals surface area contributed by atoms with Crippen LogP contribution in [0.5, 0.6) is 0 Å². The summed E-state index contributed by atoms with van der Waals surface area (Å²) in [5, 5.41) is 3.34. The normalized spacial score (nSPS) is 17.6. The molecule has 0 unspecified atom stereocenters. The molecule has 1 saturated heterocycles. The Hall–Kier alpha value is -1.36. The Kier molecular flexibility index (Phi) is 3.71. The van der Waals surface area contributed by atoms with Gasteiger partial charge < -0.3 is 10.2 Å². The maximum absolute atomic E-state index is 11.7. The third-order valence-electron chi connectivity index (χ3n) is 3.14. The van der Waals surface area contributed by atoms with Crippen molar-refractivity contribution in [3.05, 3.63) is 22.1 Å². The van der Waals surface area contributed by atoms with Crippen LogP contribution in [0.4, 0.5) is 5.95 Å². The molecule has 0 bridgehead atoms. The zero-order valence-corrected chi connectivity index (χ0v) is 11.4. The monoisotopic (exact) mass is 250 g/mol. The average molecular weight is 250 g/mol. The number of aromatic nitrogens is 2. The molecule has 0 saturated carbocycles. The molecule has 0 atom stereocenters. The number of nitrogens with one attached hydrogen (secondary N) is 2. The van der Waals surface area contributed by atoms with E-state index in [1.165, 1.54) is 0 Å². The van der Waals surface area contributed by atoms with Gasteiger partial charge in [0.1, 0.15) is 0 Å². The van der Waals surface area contributed by atoms with E-state index in [1.807, 2.05) is 0 Å². The molecule has 1 aliphatic rings. The van der Waals surface area contributed by atoms with Gasteiger partial charge in [-0.1, -0.05) is 20.8 Å². The number of hydrogen-bond acceptors (Lipinski definition) is 4. The highest BCUT2D eigenvalue weighted by molar-refractivity contribution is 5.32. The lowest BCUT2D eigenvalue weighted by Crippen LogP contribution is -2.32. The molecule has 0 radical (unpaired) electrons. The van der Waals surface area contributed by atoms with Crippen molar-refractivity contribution in [1.29, 1.82) is 0 Å². The molecule has 0 aliphatic carbocycles. The van der Waals surface area contributed by atoms with Gasteiger partial charge in [-0.3, -0.25) is 9.78 Å². The lowest BCUT2D eigenvalue weighted by Gasteiger charge is -2.23. The number of hydrogen-bond donors (Lipinski definition) is 2. The summed E-state index contributed by atoms with van der Waals surface area (Å²) in [7, 11) is 0. The first-order valence-corrected chi connectivity index (χ1v) is 6.54. The van der Waals surface area contributed by atoms with E-state index in [4.69, 9.17) is 0 Å². The Morgan fingerprint density at radius 1 is 1.28 bits per heavy atom. The number of rotatable bonds is 1. The molecule has 0 spiro atoms. The maximum atomic E-state index is 11.7. The van der Waals surface area contributed by atoms with Crippen molar-refractivity contribution >= 4 is 5.95 Å². The summed E-state index contributed by atoms with van der Waals surface area (Å²) in [5.74, 6) is 0.705. The predicted octanol–water partition coefficient (Wildman–Crippen LogP) is 0.867. The first-order chi connectivity index (χ1) is 8.47. The summed E-state index contributed by atoms with van der Waals surface area (Å²) in [6, 6.07) is 1.60. The summed E-state index contributed by atoms with van der Waals surface area (Å²) < 4.78 is 0. The van der Waals surface area contributed by atoms with Crippen LogP contribution in [-0.4, -0.2) is 36.1 Å². The van der Waals surface area contributed by atoms with Crippen LogP contribution >= 0.6 is 0 Å². The van der Waals surface area contributed by atoms with E-state index in [0.29, 0.717) is 5.95 Å². The quantitative estimate of drug-likeness (QED) is 0.776. The molecule has 1 aliphatic heterocycles. The number of nitrogens with zero attached hydrogens (tertiary/aromatic N) is 2. The standard InChI is InChI=1S/C13H22N4O/c1-13(2,3)10-9-11(18)16-12(15-10)17-7-4-5-14-6-8-17/h9,14H,4-8H2,1-3H3,(H,15,16,18). The van der Waals surface area contributed by atoms with Crippen molar-refractivity contribution in [3.63, 3.8) is 0 Å². The van der Waals surface area contributed by atoms with Crippen LogP contribution in [0, 0.1) is 0 Å². The molecule has 100 valence electrons. The summed E-state index contributed by atoms with van der Waals surface area (Å²) in [5.41, 5.74) is 0.674. The Morgan fingerprint density at radius 3 is 2.78 bits per heavy atom. The smallest absolute Gasteiger partial charge is 0.252 e. The summed E-state index contributed by atoms with van der Waals surface area (Å²) >= 11 is 0. The van der Waals surface area contributed by atoms with Gasteiger partial charge in [0.05, 0.1) is 5.69 Å². The van der Waals surface area contributed by atoms with Crippen LogP contribution in [-0.2, 0) is 5.41 Å². The number of H-pyrrole nitrogens is 1. The zero-order valence-electron chi connectivity index (χ0n) is 11.4. The topological polar surface area (TPSA) is 61.0 Å². The van der Waals surface area contributed by atoms with Gasteiger partial charge in [0.25, 0.3) is 5.56 Å². The Labute approximate surface area is 108 Å². The average Bonchev–Trinajstić information content (AvgIpc) is 2.55. The van der Waals surface area contributed by atoms with Crippen LogP contribution < -0.4 is 15.8 Å². The Balaban J connectivity index is 2.32. The molecule has 1 aromatic rings. The summed E-state index contributed by atoms with van der Waals surface area (Å²) in [6.45, 7) is 10.00. The molecule has 5 nitrogen and oxygen atoms in total. The maximum Gasteiger partial charge on any atom is 0.252 e. The van der Waals surface area contributed by atoms with Gasteiger partial charge in [-0.2, -0.15) is 0 Å². The highest BCUT2D eigenvalue weighted by Crippen LogP contribution is 2.20. The number of aromatic amines is 1. The third-order valence-corrected chi connectivity index (χ3v) is 3.14. The minimum Gasteiger partial charge on any atom is -0.341 e. The van der Waals surface area contributed by atoms with Gasteiger partial charge in [0, 0.05) is 31.1 Å². The van der Waals surface area contributed by atoms with Crippen LogP contribution in [0.25, 0.3) is 0 Å². The SMILES string of the molecule is CC(C)(C)c1cc(=O)[nH]c(N2CCCNCC2)n1. The molecule has 1 fully saturated rings. The third kappa shape index (κ3) is 3.10. The van der Waals surface area contributed by atoms with Gasteiger partial charge in [-0.25, -0.2) is 4.98 Å². The van der Waals surface area contributed by atoms with E-state index in [9.17, 15) is 4.79 Å². The first kappa shape index (κ1) is 13.1. The minimum atomic E-state index is -0.104. The van der Waals surface area contributed by atoms with Crippen LogP contribution in [0.2, 0.25) is 0 Å². The minimum absolute atomic E-state index is 0.0675. The molecular weight excluding hydrogens is 228 g/mol. The molecule has 18 heavy (non-hydrogen) atoms. The van der Waals surface area contributed by atoms with Gasteiger partial charge in [0.15, 0.2) is 0 Å². The summed E-state index contributed by atoms with van der Waals surface area (Å²) in [4.78, 5) is 21.4. The zero-order chi connectivity index (χ0) is 13.2. The molecule has 2 rings (SSSR count). The van der Waals surface area contributed by atoms with Crippen molar-refractivity contribution in [2.75, 3.05) is 31.1 Å². The van der Waals surface area contributed by atoms with E-state index in [2.05, 4.69) is 41.0 Å². The molecule has 0 aromatic carbocycles. The van der Waals surface area contributed by atoms with E-state index < -0.39 is 0 Å². The van der Waals surface area contributed by atoms with Crippen molar-refractivity contribution < 1.29 is 0 Å². The Bertz CT molecular complexity index is 453. The van der Waals surface area contributed by atoms with Gasteiger partial charge in [0.2, 0.25) is 5.95 Å². The second-order valence-corrected chi connectivity index (χ2v) is 5.79. The molecular formula is C13H22N4O. The van der Waals surface area contributed by atoms with Crippen molar-refractivity contribution in [2.45, 2.75) is 32.6 Å². The molecule has 0 amide bonds. The second-order valence-electron chi connectivity index (χ2n) is 5.79. The fourth-order valence-corrected chi connectivity index (χ4v) is 2.04. The van der Waals surface area contributed by atoms with Crippen LogP contribution in [0.3, 0.4) is 0 Å². The largest absolute Gasteiger partial charge is 0.341 e. The van der Waals surface area contributed by atoms with Crippen molar-refractivity contribution in [3.8, 4) is 0 Å². The van der Waals surface area contributed by atoms with Gasteiger partial charge >= 0.3 is 0 Å². The summed E-state index contributed by atoms with van der Waals surface area (Å²) in [6.07, 6.45) is 1.07. The molecule has 2 N–H and O–H groups in total. The lowest BCUT2D eigenvalue weighted by molar-refractivity contribution is 0.563.